The van der Waals surface area contributed by atoms with Gasteiger partial charge in [0.05, 0.1) is 12.7 Å². The van der Waals surface area contributed by atoms with Gasteiger partial charge in [0.1, 0.15) is 11.8 Å². The highest BCUT2D eigenvalue weighted by Crippen LogP contribution is 2.25. The number of hydrogen-bond donors (Lipinski definition) is 5. The molecule has 0 spiro atoms. The molecule has 2 aromatic rings. The molecule has 190 valence electrons. The van der Waals surface area contributed by atoms with E-state index in [0.29, 0.717) is 23.6 Å². The van der Waals surface area contributed by atoms with Crippen molar-refractivity contribution in [2.45, 2.75) is 64.5 Å². The quantitative estimate of drug-likeness (QED) is 0.154. The van der Waals surface area contributed by atoms with E-state index in [9.17, 15) is 24.9 Å². The molecule has 2 unspecified atom stereocenters. The first kappa shape index (κ1) is 27.7. The van der Waals surface area contributed by atoms with E-state index in [1.165, 1.54) is 63.0 Å². The number of anilines is 1. The highest BCUT2D eigenvalue weighted by atomic mass is 16.5. The van der Waals surface area contributed by atoms with Crippen LogP contribution < -0.4 is 15.4 Å². The Morgan fingerprint density at radius 2 is 1.66 bits per heavy atom. The van der Waals surface area contributed by atoms with E-state index >= 15 is 0 Å². The Kier molecular flexibility index (Phi) is 11.6. The Bertz CT molecular complexity index is 972. The molecule has 2 rings (SSSR count). The van der Waals surface area contributed by atoms with Crippen LogP contribution in [0.2, 0.25) is 0 Å². The zero-order valence-corrected chi connectivity index (χ0v) is 20.4. The largest absolute Gasteiger partial charge is 0.504 e. The van der Waals surface area contributed by atoms with Crippen LogP contribution >= 0.6 is 0 Å². The Morgan fingerprint density at radius 3 is 2.31 bits per heavy atom. The number of benzene rings is 2. The standard InChI is InChI=1S/C27H36N2O6/c1-3-4-5-6-7-8-17-35-22-13-11-21(12-14-22)28-27(34)26(19(2)30)29-25(33)16-10-20-9-15-23(31)24(32)18-20/h9-16,18-19,26,30-32H,3-8,17H2,1-2H3,(H,28,34)(H,29,33)/b16-10+. The number of rotatable bonds is 14. The molecule has 0 aliphatic heterocycles. The van der Waals surface area contributed by atoms with Gasteiger partial charge in [-0.15, -0.1) is 0 Å². The van der Waals surface area contributed by atoms with Gasteiger partial charge in [-0.25, -0.2) is 0 Å². The van der Waals surface area contributed by atoms with Crippen LogP contribution in [-0.4, -0.2) is 45.9 Å². The fraction of sp³-hybridized carbons (Fsp3) is 0.407. The lowest BCUT2D eigenvalue weighted by Gasteiger charge is -2.20. The molecular weight excluding hydrogens is 448 g/mol. The number of hydrogen-bond acceptors (Lipinski definition) is 6. The second-order valence-electron chi connectivity index (χ2n) is 8.44. The highest BCUT2D eigenvalue weighted by Gasteiger charge is 2.25. The monoisotopic (exact) mass is 484 g/mol. The van der Waals surface area contributed by atoms with E-state index in [0.717, 1.165) is 12.8 Å². The number of phenolic OH excluding ortho intramolecular Hbond substituents is 2. The molecule has 0 aliphatic carbocycles. The van der Waals surface area contributed by atoms with Crippen LogP contribution in [0.3, 0.4) is 0 Å². The van der Waals surface area contributed by atoms with Gasteiger partial charge in [0, 0.05) is 11.8 Å². The topological polar surface area (TPSA) is 128 Å². The molecule has 8 heteroatoms. The van der Waals surface area contributed by atoms with Crippen molar-refractivity contribution in [1.82, 2.24) is 5.32 Å². The summed E-state index contributed by atoms with van der Waals surface area (Å²) in [5.41, 5.74) is 0.990. The molecule has 0 fully saturated rings. The van der Waals surface area contributed by atoms with Crippen LogP contribution in [-0.2, 0) is 9.59 Å². The van der Waals surface area contributed by atoms with Crippen molar-refractivity contribution in [2.75, 3.05) is 11.9 Å². The summed E-state index contributed by atoms with van der Waals surface area (Å²) in [6.07, 6.45) is 8.58. The third-order valence-electron chi connectivity index (χ3n) is 5.38. The maximum Gasteiger partial charge on any atom is 0.249 e. The molecule has 0 bridgehead atoms. The van der Waals surface area contributed by atoms with Crippen LogP contribution in [0.1, 0.15) is 57.9 Å². The summed E-state index contributed by atoms with van der Waals surface area (Å²) < 4.78 is 5.74. The smallest absolute Gasteiger partial charge is 0.249 e. The predicted molar refractivity (Wildman–Crippen MR) is 136 cm³/mol. The first-order valence-corrected chi connectivity index (χ1v) is 12.0. The van der Waals surface area contributed by atoms with Crippen molar-refractivity contribution < 1.29 is 29.6 Å². The molecule has 35 heavy (non-hydrogen) atoms. The Hall–Kier alpha value is -3.52. The number of aliphatic hydroxyl groups excluding tert-OH is 1. The number of nitrogens with one attached hydrogen (secondary N) is 2. The van der Waals surface area contributed by atoms with Crippen LogP contribution in [0.15, 0.2) is 48.5 Å². The minimum Gasteiger partial charge on any atom is -0.504 e. The predicted octanol–water partition coefficient (Wildman–Crippen LogP) is 4.35. The lowest BCUT2D eigenvalue weighted by molar-refractivity contribution is -0.126. The summed E-state index contributed by atoms with van der Waals surface area (Å²) in [4.78, 5) is 24.9. The maximum atomic E-state index is 12.6. The normalized spacial score (nSPS) is 12.8. The number of unbranched alkanes of at least 4 members (excludes halogenated alkanes) is 5. The van der Waals surface area contributed by atoms with Gasteiger partial charge in [0.2, 0.25) is 11.8 Å². The molecule has 2 amide bonds. The van der Waals surface area contributed by atoms with E-state index in [1.54, 1.807) is 24.3 Å². The zero-order chi connectivity index (χ0) is 25.6. The first-order valence-electron chi connectivity index (χ1n) is 12.0. The van der Waals surface area contributed by atoms with Gasteiger partial charge in [-0.2, -0.15) is 0 Å². The molecule has 0 aliphatic rings. The highest BCUT2D eigenvalue weighted by molar-refractivity contribution is 6.00. The first-order chi connectivity index (χ1) is 16.8. The lowest BCUT2D eigenvalue weighted by Crippen LogP contribution is -2.49. The Morgan fingerprint density at radius 1 is 0.971 bits per heavy atom. The van der Waals surface area contributed by atoms with Gasteiger partial charge in [-0.05, 0) is 61.4 Å². The molecule has 0 saturated carbocycles. The van der Waals surface area contributed by atoms with E-state index < -0.39 is 24.0 Å². The van der Waals surface area contributed by atoms with Crippen molar-refractivity contribution in [3.63, 3.8) is 0 Å². The fourth-order valence-electron chi connectivity index (χ4n) is 3.35. The van der Waals surface area contributed by atoms with Gasteiger partial charge >= 0.3 is 0 Å². The van der Waals surface area contributed by atoms with E-state index in [-0.39, 0.29) is 11.5 Å². The number of carbonyl (C=O) groups is 2. The van der Waals surface area contributed by atoms with E-state index in [4.69, 9.17) is 4.74 Å². The number of phenols is 2. The van der Waals surface area contributed by atoms with Crippen LogP contribution in [0.5, 0.6) is 17.2 Å². The van der Waals surface area contributed by atoms with Crippen molar-refractivity contribution in [3.8, 4) is 17.2 Å². The zero-order valence-electron chi connectivity index (χ0n) is 20.4. The summed E-state index contributed by atoms with van der Waals surface area (Å²) in [6, 6.07) is 9.85. The summed E-state index contributed by atoms with van der Waals surface area (Å²) in [6.45, 7) is 4.25. The molecule has 0 saturated heterocycles. The Labute approximate surface area is 206 Å². The minimum absolute atomic E-state index is 0.269. The van der Waals surface area contributed by atoms with E-state index in [1.807, 2.05) is 0 Å². The summed E-state index contributed by atoms with van der Waals surface area (Å²) in [7, 11) is 0. The molecule has 0 heterocycles. The minimum atomic E-state index is -1.18. The van der Waals surface area contributed by atoms with Crippen LogP contribution in [0, 0.1) is 0 Å². The third-order valence-corrected chi connectivity index (χ3v) is 5.38. The van der Waals surface area contributed by atoms with Gasteiger partial charge in [0.25, 0.3) is 0 Å². The molecule has 5 N–H and O–H groups in total. The van der Waals surface area contributed by atoms with Crippen LogP contribution in [0.4, 0.5) is 5.69 Å². The third kappa shape index (κ3) is 10.1. The lowest BCUT2D eigenvalue weighted by atomic mass is 10.1. The number of carbonyl (C=O) groups excluding carboxylic acids is 2. The molecule has 2 aromatic carbocycles. The molecule has 0 aromatic heterocycles. The molecule has 8 nitrogen and oxygen atoms in total. The Balaban J connectivity index is 1.84. The van der Waals surface area contributed by atoms with Gasteiger partial charge < -0.3 is 30.7 Å². The van der Waals surface area contributed by atoms with Gasteiger partial charge in [-0.3, -0.25) is 9.59 Å². The van der Waals surface area contributed by atoms with Crippen molar-refractivity contribution in [2.24, 2.45) is 0 Å². The number of ether oxygens (including phenoxy) is 1. The average Bonchev–Trinajstić information content (AvgIpc) is 2.83. The maximum absolute atomic E-state index is 12.6. The second-order valence-corrected chi connectivity index (χ2v) is 8.44. The van der Waals surface area contributed by atoms with Crippen molar-refractivity contribution in [3.05, 3.63) is 54.1 Å². The van der Waals surface area contributed by atoms with Gasteiger partial charge in [0.15, 0.2) is 11.5 Å². The van der Waals surface area contributed by atoms with Gasteiger partial charge in [-0.1, -0.05) is 45.1 Å². The van der Waals surface area contributed by atoms with E-state index in [2.05, 4.69) is 17.6 Å². The molecular formula is C27H36N2O6. The van der Waals surface area contributed by atoms with Crippen molar-refractivity contribution in [1.29, 1.82) is 0 Å². The number of aromatic hydroxyl groups is 2. The number of aliphatic hydroxyl groups is 1. The van der Waals surface area contributed by atoms with Crippen LogP contribution in [0.25, 0.3) is 6.08 Å². The molecule has 2 atom stereocenters. The summed E-state index contributed by atoms with van der Waals surface area (Å²) >= 11 is 0. The average molecular weight is 485 g/mol. The number of amides is 2. The summed E-state index contributed by atoms with van der Waals surface area (Å²) in [5.74, 6) is -1.04. The summed E-state index contributed by atoms with van der Waals surface area (Å²) in [5, 5.41) is 34.0. The SMILES string of the molecule is CCCCCCCCOc1ccc(NC(=O)C(NC(=O)/C=C/c2ccc(O)c(O)c2)C(C)O)cc1. The van der Waals surface area contributed by atoms with Crippen molar-refractivity contribution >= 4 is 23.6 Å². The second kappa shape index (κ2) is 14.7. The fourth-order valence-corrected chi connectivity index (χ4v) is 3.35. The molecule has 0 radical (unpaired) electrons.